The summed E-state index contributed by atoms with van der Waals surface area (Å²) in [5.41, 5.74) is 13.2. The van der Waals surface area contributed by atoms with Gasteiger partial charge in [-0.2, -0.15) is 5.10 Å². The summed E-state index contributed by atoms with van der Waals surface area (Å²) in [6, 6.07) is 40.4. The first-order valence-corrected chi connectivity index (χ1v) is 17.3. The molecule has 0 aliphatic heterocycles. The molecule has 3 aromatic heterocycles. The maximum absolute atomic E-state index is 4.87. The molecule has 0 amide bonds. The van der Waals surface area contributed by atoms with Gasteiger partial charge in [0.1, 0.15) is 5.82 Å². The predicted octanol–water partition coefficient (Wildman–Crippen LogP) is 11.0. The Morgan fingerprint density at radius 3 is 2.06 bits per heavy atom. The summed E-state index contributed by atoms with van der Waals surface area (Å²) in [6.45, 7) is 17.3. The topological polar surface area (TPSA) is 48.0 Å². The fraction of sp³-hybridized carbons (Fsp3) is 0.222. The maximum atomic E-state index is 4.87. The zero-order valence-corrected chi connectivity index (χ0v) is 33.0. The summed E-state index contributed by atoms with van der Waals surface area (Å²) in [6.07, 6.45) is 3.07. The third kappa shape index (κ3) is 7.04. The van der Waals surface area contributed by atoms with Crippen molar-refractivity contribution in [3.63, 3.8) is 0 Å². The van der Waals surface area contributed by atoms with Crippen LogP contribution >= 0.6 is 0 Å². The van der Waals surface area contributed by atoms with Crippen LogP contribution in [0.1, 0.15) is 54.4 Å². The van der Waals surface area contributed by atoms with E-state index >= 15 is 0 Å². The Labute approximate surface area is 314 Å². The number of para-hydroxylation sites is 1. The maximum Gasteiger partial charge on any atom is 0.137 e. The van der Waals surface area contributed by atoms with Crippen molar-refractivity contribution >= 4 is 27.3 Å². The summed E-state index contributed by atoms with van der Waals surface area (Å²) >= 11 is 0. The minimum Gasteiger partial charge on any atom is -0.333 e. The van der Waals surface area contributed by atoms with E-state index in [9.17, 15) is 0 Å². The monoisotopic (exact) mass is 846 g/mol. The molecule has 0 unspecified atom stereocenters. The van der Waals surface area contributed by atoms with Crippen molar-refractivity contribution in [2.24, 2.45) is 5.41 Å². The molecule has 259 valence electrons. The third-order valence-electron chi connectivity index (χ3n) is 9.22. The van der Waals surface area contributed by atoms with E-state index in [1.54, 1.807) is 0 Å². The number of aromatic nitrogens is 5. The molecule has 0 spiro atoms. The van der Waals surface area contributed by atoms with Gasteiger partial charge in [0.2, 0.25) is 0 Å². The summed E-state index contributed by atoms with van der Waals surface area (Å²) < 4.78 is 4.25. The van der Waals surface area contributed by atoms with Gasteiger partial charge in [-0.3, -0.25) is 14.6 Å². The Hall–Kier alpha value is -4.90. The van der Waals surface area contributed by atoms with Crippen LogP contribution in [0.2, 0.25) is 0 Å². The van der Waals surface area contributed by atoms with Crippen LogP contribution in [0.15, 0.2) is 103 Å². The van der Waals surface area contributed by atoms with Crippen LogP contribution in [-0.2, 0) is 26.5 Å². The van der Waals surface area contributed by atoms with Crippen LogP contribution in [0.25, 0.3) is 55.7 Å². The first-order chi connectivity index (χ1) is 24.0. The van der Waals surface area contributed by atoms with Crippen molar-refractivity contribution in [1.29, 1.82) is 0 Å². The number of hydrogen-bond donors (Lipinski definition) is 0. The smallest absolute Gasteiger partial charge is 0.137 e. The van der Waals surface area contributed by atoms with E-state index in [2.05, 4.69) is 142 Å². The number of fused-ring (bicyclic) bond motifs is 6. The fourth-order valence-electron chi connectivity index (χ4n) is 7.15. The van der Waals surface area contributed by atoms with Gasteiger partial charge in [0, 0.05) is 37.4 Å². The van der Waals surface area contributed by atoms with Gasteiger partial charge in [-0.25, -0.2) is 0 Å². The van der Waals surface area contributed by atoms with Gasteiger partial charge in [0.05, 0.1) is 22.9 Å². The number of hydrogen-bond acceptors (Lipinski definition) is 3. The first-order valence-electron chi connectivity index (χ1n) is 17.3. The second kappa shape index (κ2) is 14.4. The van der Waals surface area contributed by atoms with E-state index in [0.717, 1.165) is 46.0 Å². The van der Waals surface area contributed by atoms with Crippen LogP contribution in [0.3, 0.4) is 0 Å². The Balaban J connectivity index is 0.000000186. The molecule has 51 heavy (non-hydrogen) atoms. The van der Waals surface area contributed by atoms with Crippen LogP contribution in [0, 0.1) is 52.2 Å². The number of pyridine rings is 1. The van der Waals surface area contributed by atoms with Crippen molar-refractivity contribution < 1.29 is 20.1 Å². The van der Waals surface area contributed by atoms with Crippen LogP contribution in [0.4, 0.5) is 0 Å². The molecule has 0 aliphatic rings. The molecule has 0 fully saturated rings. The van der Waals surface area contributed by atoms with Crippen LogP contribution in [-0.4, -0.2) is 24.1 Å². The molecule has 1 radical (unpaired) electrons. The Morgan fingerprint density at radius 2 is 1.39 bits per heavy atom. The molecule has 0 saturated carbocycles. The SMILES string of the molecule is Cc1cccc(C)c1-c1cnc2c3[c-]cccc3c3cc(CC(C)(C)C)ccc3n12.Cc1nc(-c2[c-]cccc2)n(-c2c(C)cccc2C)n1.[Ir]. The molecule has 8 aromatic rings. The Bertz CT molecular complexity index is 2460. The van der Waals surface area contributed by atoms with Gasteiger partial charge in [0.25, 0.3) is 0 Å². The number of nitrogens with zero attached hydrogens (tertiary/aromatic N) is 5. The quantitative estimate of drug-likeness (QED) is 0.131. The van der Waals surface area contributed by atoms with E-state index in [4.69, 9.17) is 4.98 Å². The van der Waals surface area contributed by atoms with Gasteiger partial charge >= 0.3 is 0 Å². The molecule has 5 nitrogen and oxygen atoms in total. The van der Waals surface area contributed by atoms with E-state index in [0.29, 0.717) is 0 Å². The molecule has 8 rings (SSSR count). The molecule has 0 saturated heterocycles. The van der Waals surface area contributed by atoms with E-state index < -0.39 is 0 Å². The molecule has 0 aliphatic carbocycles. The summed E-state index contributed by atoms with van der Waals surface area (Å²) in [4.78, 5) is 9.43. The Kier molecular flexibility index (Phi) is 10.1. The molecule has 5 aromatic carbocycles. The minimum absolute atomic E-state index is 0. The second-order valence-electron chi connectivity index (χ2n) is 14.5. The van der Waals surface area contributed by atoms with Gasteiger partial charge < -0.3 is 4.40 Å². The van der Waals surface area contributed by atoms with Crippen molar-refractivity contribution in [1.82, 2.24) is 24.1 Å². The van der Waals surface area contributed by atoms with Gasteiger partial charge in [-0.15, -0.1) is 65.5 Å². The summed E-state index contributed by atoms with van der Waals surface area (Å²) in [7, 11) is 0. The number of imidazole rings is 1. The van der Waals surface area contributed by atoms with Gasteiger partial charge in [-0.1, -0.05) is 74.7 Å². The largest absolute Gasteiger partial charge is 0.333 e. The Morgan fingerprint density at radius 1 is 0.706 bits per heavy atom. The minimum atomic E-state index is 0. The zero-order chi connectivity index (χ0) is 35.2. The first kappa shape index (κ1) is 35.9. The number of rotatable bonds is 4. The fourth-order valence-corrected chi connectivity index (χ4v) is 7.15. The molecule has 0 bridgehead atoms. The molecule has 3 heterocycles. The van der Waals surface area contributed by atoms with Crippen molar-refractivity contribution in [2.75, 3.05) is 0 Å². The number of aryl methyl sites for hydroxylation is 5. The van der Waals surface area contributed by atoms with Crippen molar-refractivity contribution in [3.05, 3.63) is 149 Å². The molecular weight excluding hydrogens is 803 g/mol. The van der Waals surface area contributed by atoms with Crippen molar-refractivity contribution in [2.45, 2.75) is 61.8 Å². The van der Waals surface area contributed by atoms with E-state index in [-0.39, 0.29) is 25.5 Å². The standard InChI is InChI=1S/C28H27N2.C17H16N3.Ir/c1-18-9-8-10-19(2)26(18)25-17-29-27-22-12-7-6-11-21(22)23-15-20(16-28(3,4)5)13-14-24(23)30(25)27;1-12-8-7-9-13(2)16(12)20-17(18-14(3)19-20)15-10-5-4-6-11-15;/h6-11,13-15,17H,16H2,1-5H3;4-10H,1-3H3;/q2*-1;. The summed E-state index contributed by atoms with van der Waals surface area (Å²) in [5.74, 6) is 1.60. The second-order valence-corrected chi connectivity index (χ2v) is 14.5. The van der Waals surface area contributed by atoms with Crippen LogP contribution < -0.4 is 0 Å². The van der Waals surface area contributed by atoms with Crippen LogP contribution in [0.5, 0.6) is 0 Å². The van der Waals surface area contributed by atoms with Gasteiger partial charge in [-0.05, 0) is 85.7 Å². The zero-order valence-electron chi connectivity index (χ0n) is 30.6. The van der Waals surface area contributed by atoms with Gasteiger partial charge in [0.15, 0.2) is 0 Å². The average Bonchev–Trinajstić information content (AvgIpc) is 3.69. The molecule has 0 atom stereocenters. The van der Waals surface area contributed by atoms with E-state index in [1.807, 2.05) is 48.1 Å². The third-order valence-corrected chi connectivity index (χ3v) is 9.22. The van der Waals surface area contributed by atoms with E-state index in [1.165, 1.54) is 49.7 Å². The normalized spacial score (nSPS) is 11.5. The molecular formula is C45H43IrN5-2. The van der Waals surface area contributed by atoms with Crippen molar-refractivity contribution in [3.8, 4) is 28.3 Å². The predicted molar refractivity (Wildman–Crippen MR) is 207 cm³/mol. The summed E-state index contributed by atoms with van der Waals surface area (Å²) in [5, 5.41) is 8.13. The average molecular weight is 846 g/mol. The number of benzene rings is 5. The molecule has 0 N–H and O–H groups in total. The molecule has 6 heteroatoms.